The quantitative estimate of drug-likeness (QED) is 0.871. The number of nitrogens with zero attached hydrogens (tertiary/aromatic N) is 1. The molecule has 1 fully saturated rings. The van der Waals surface area contributed by atoms with Crippen molar-refractivity contribution < 1.29 is 14.3 Å². The first kappa shape index (κ1) is 13.8. The van der Waals surface area contributed by atoms with Gasteiger partial charge in [-0.2, -0.15) is 5.26 Å². The molecule has 0 spiro atoms. The number of nitrogens with one attached hydrogen (secondary N) is 1. The number of hydrogen-bond donors (Lipinski definition) is 2. The predicted molar refractivity (Wildman–Crippen MR) is 71.2 cm³/mol. The number of rotatable bonds is 5. The summed E-state index contributed by atoms with van der Waals surface area (Å²) in [7, 11) is 0. The molecule has 1 saturated carbocycles. The van der Waals surface area contributed by atoms with E-state index in [-0.39, 0.29) is 34.1 Å². The molecule has 1 aromatic carbocycles. The molecule has 1 unspecified atom stereocenters. The Labute approximate surface area is 118 Å². The molecule has 2 N–H and O–H groups in total. The first-order valence-corrected chi connectivity index (χ1v) is 6.68. The zero-order chi connectivity index (χ0) is 14.0. The van der Waals surface area contributed by atoms with Crippen molar-refractivity contribution in [2.75, 3.05) is 5.32 Å². The highest BCUT2D eigenvalue weighted by Gasteiger charge is 2.33. The lowest BCUT2D eigenvalue weighted by Gasteiger charge is -2.18. The molecule has 6 heteroatoms. The molecule has 0 saturated heterocycles. The van der Waals surface area contributed by atoms with Crippen molar-refractivity contribution in [3.63, 3.8) is 0 Å². The first-order valence-electron chi connectivity index (χ1n) is 5.89. The average molecular weight is 327 g/mol. The second kappa shape index (κ2) is 5.57. The number of nitriles is 1. The molecule has 4 nitrogen and oxygen atoms in total. The highest BCUT2D eigenvalue weighted by atomic mass is 79.9. The van der Waals surface area contributed by atoms with Crippen LogP contribution in [0.5, 0.6) is 0 Å². The number of halogens is 2. The molecular formula is C13H12BrFN2O2. The lowest BCUT2D eigenvalue weighted by Crippen LogP contribution is -2.25. The normalized spacial score (nSPS) is 15.6. The van der Waals surface area contributed by atoms with Crippen LogP contribution in [0.3, 0.4) is 0 Å². The van der Waals surface area contributed by atoms with Crippen LogP contribution in [-0.2, 0) is 4.79 Å². The molecule has 0 aliphatic heterocycles. The van der Waals surface area contributed by atoms with Gasteiger partial charge in [-0.05, 0) is 46.8 Å². The van der Waals surface area contributed by atoms with Gasteiger partial charge in [0.2, 0.25) is 0 Å². The van der Waals surface area contributed by atoms with Gasteiger partial charge in [0.15, 0.2) is 5.82 Å². The number of carbonyl (C=O) groups is 1. The number of hydrogen-bond acceptors (Lipinski definition) is 3. The monoisotopic (exact) mass is 326 g/mol. The fraction of sp³-hybridized carbons (Fsp3) is 0.385. The van der Waals surface area contributed by atoms with Crippen LogP contribution < -0.4 is 5.32 Å². The zero-order valence-corrected chi connectivity index (χ0v) is 11.6. The van der Waals surface area contributed by atoms with Gasteiger partial charge >= 0.3 is 5.97 Å². The molecule has 100 valence electrons. The maximum atomic E-state index is 14.0. The van der Waals surface area contributed by atoms with Crippen molar-refractivity contribution in [2.45, 2.75) is 25.3 Å². The molecule has 0 bridgehead atoms. The van der Waals surface area contributed by atoms with Gasteiger partial charge in [0.25, 0.3) is 0 Å². The van der Waals surface area contributed by atoms with E-state index in [2.05, 4.69) is 21.2 Å². The van der Waals surface area contributed by atoms with Crippen molar-refractivity contribution in [3.05, 3.63) is 28.0 Å². The second-order valence-corrected chi connectivity index (χ2v) is 5.38. The lowest BCUT2D eigenvalue weighted by molar-refractivity contribution is -0.137. The smallest absolute Gasteiger partial charge is 0.305 e. The molecule has 1 aliphatic rings. The van der Waals surface area contributed by atoms with E-state index in [4.69, 9.17) is 10.4 Å². The number of aliphatic carboxylic acids is 1. The summed E-state index contributed by atoms with van der Waals surface area (Å²) in [5, 5.41) is 20.6. The van der Waals surface area contributed by atoms with Crippen molar-refractivity contribution in [2.24, 2.45) is 5.92 Å². The van der Waals surface area contributed by atoms with Crippen molar-refractivity contribution >= 4 is 27.6 Å². The van der Waals surface area contributed by atoms with Gasteiger partial charge in [-0.3, -0.25) is 4.79 Å². The summed E-state index contributed by atoms with van der Waals surface area (Å²) in [6.07, 6.45) is 1.88. The maximum absolute atomic E-state index is 14.0. The SMILES string of the molecule is N#Cc1ccc(NC(CC(=O)O)C2CC2)c(F)c1Br. The molecule has 1 atom stereocenters. The molecule has 2 rings (SSSR count). The van der Waals surface area contributed by atoms with Gasteiger partial charge in [-0.15, -0.1) is 0 Å². The van der Waals surface area contributed by atoms with Crippen LogP contribution in [0.1, 0.15) is 24.8 Å². The van der Waals surface area contributed by atoms with Gasteiger partial charge in [0.1, 0.15) is 6.07 Å². The third-order valence-corrected chi connectivity index (χ3v) is 3.90. The predicted octanol–water partition coefficient (Wildman–Crippen LogP) is 3.13. The van der Waals surface area contributed by atoms with Crippen LogP contribution in [0.15, 0.2) is 16.6 Å². The van der Waals surface area contributed by atoms with E-state index in [9.17, 15) is 9.18 Å². The number of anilines is 1. The van der Waals surface area contributed by atoms with Crippen LogP contribution in [0.25, 0.3) is 0 Å². The average Bonchev–Trinajstić information content (AvgIpc) is 3.18. The van der Waals surface area contributed by atoms with E-state index in [1.165, 1.54) is 12.1 Å². The maximum Gasteiger partial charge on any atom is 0.305 e. The first-order chi connectivity index (χ1) is 9.02. The highest BCUT2D eigenvalue weighted by molar-refractivity contribution is 9.10. The molecular weight excluding hydrogens is 315 g/mol. The second-order valence-electron chi connectivity index (χ2n) is 4.59. The van der Waals surface area contributed by atoms with Crippen LogP contribution in [0, 0.1) is 23.1 Å². The Morgan fingerprint density at radius 3 is 2.84 bits per heavy atom. The summed E-state index contributed by atoms with van der Waals surface area (Å²) in [6, 6.07) is 4.57. The van der Waals surface area contributed by atoms with Gasteiger partial charge in [0.05, 0.1) is 22.1 Å². The Bertz CT molecular complexity index is 552. The van der Waals surface area contributed by atoms with Crippen LogP contribution >= 0.6 is 15.9 Å². The minimum atomic E-state index is -0.905. The summed E-state index contributed by atoms with van der Waals surface area (Å²) in [5.41, 5.74) is 0.438. The standard InChI is InChI=1S/C13H12BrFN2O2/c14-12-8(6-16)3-4-9(13(12)15)17-10(5-11(18)19)7-1-2-7/h3-4,7,10,17H,1-2,5H2,(H,18,19). The van der Waals surface area contributed by atoms with Gasteiger partial charge in [0, 0.05) is 6.04 Å². The summed E-state index contributed by atoms with van der Waals surface area (Å²) >= 11 is 3.03. The Kier molecular flexibility index (Phi) is 4.05. The van der Waals surface area contributed by atoms with E-state index < -0.39 is 11.8 Å². The molecule has 1 aromatic rings. The summed E-state index contributed by atoms with van der Waals surface area (Å²) in [5.74, 6) is -1.18. The third-order valence-electron chi connectivity index (χ3n) is 3.13. The van der Waals surface area contributed by atoms with Crippen LogP contribution in [0.4, 0.5) is 10.1 Å². The molecule has 0 heterocycles. The summed E-state index contributed by atoms with van der Waals surface area (Å²) in [4.78, 5) is 10.8. The van der Waals surface area contributed by atoms with Crippen molar-refractivity contribution in [3.8, 4) is 6.07 Å². The van der Waals surface area contributed by atoms with Crippen molar-refractivity contribution in [1.29, 1.82) is 5.26 Å². The van der Waals surface area contributed by atoms with Crippen LogP contribution in [0.2, 0.25) is 0 Å². The molecule has 0 aromatic heterocycles. The Morgan fingerprint density at radius 2 is 2.32 bits per heavy atom. The Morgan fingerprint density at radius 1 is 1.63 bits per heavy atom. The van der Waals surface area contributed by atoms with Crippen molar-refractivity contribution in [1.82, 2.24) is 0 Å². The largest absolute Gasteiger partial charge is 0.481 e. The van der Waals surface area contributed by atoms with Gasteiger partial charge in [-0.25, -0.2) is 4.39 Å². The Balaban J connectivity index is 2.20. The van der Waals surface area contributed by atoms with E-state index in [1.54, 1.807) is 0 Å². The number of carboxylic acid groups (broad SMARTS) is 1. The van der Waals surface area contributed by atoms with Gasteiger partial charge in [-0.1, -0.05) is 0 Å². The number of carboxylic acids is 1. The minimum absolute atomic E-state index is 0.0400. The fourth-order valence-electron chi connectivity index (χ4n) is 1.97. The lowest BCUT2D eigenvalue weighted by atomic mass is 10.1. The molecule has 19 heavy (non-hydrogen) atoms. The van der Waals surface area contributed by atoms with E-state index in [0.717, 1.165) is 12.8 Å². The number of benzene rings is 1. The summed E-state index contributed by atoms with van der Waals surface area (Å²) in [6.45, 7) is 0. The third kappa shape index (κ3) is 3.24. The van der Waals surface area contributed by atoms with E-state index in [1.807, 2.05) is 6.07 Å². The fourth-order valence-corrected chi connectivity index (χ4v) is 2.40. The van der Waals surface area contributed by atoms with Gasteiger partial charge < -0.3 is 10.4 Å². The Hall–Kier alpha value is -1.61. The topological polar surface area (TPSA) is 73.1 Å². The molecule has 1 aliphatic carbocycles. The summed E-state index contributed by atoms with van der Waals surface area (Å²) < 4.78 is 14.1. The van der Waals surface area contributed by atoms with Crippen LogP contribution in [-0.4, -0.2) is 17.1 Å². The molecule has 0 radical (unpaired) electrons. The highest BCUT2D eigenvalue weighted by Crippen LogP contribution is 2.37. The van der Waals surface area contributed by atoms with E-state index >= 15 is 0 Å². The zero-order valence-electron chi connectivity index (χ0n) is 9.99. The minimum Gasteiger partial charge on any atom is -0.481 e. The molecule has 0 amide bonds. The van der Waals surface area contributed by atoms with E-state index in [0.29, 0.717) is 0 Å².